The maximum atomic E-state index is 12.7. The third kappa shape index (κ3) is 2.45. The molecule has 8 heteroatoms. The third-order valence-corrected chi connectivity index (χ3v) is 6.03. The van der Waals surface area contributed by atoms with Crippen LogP contribution in [0.2, 0.25) is 0 Å². The van der Waals surface area contributed by atoms with E-state index >= 15 is 0 Å². The average Bonchev–Trinajstić information content (AvgIpc) is 2.70. The van der Waals surface area contributed by atoms with Gasteiger partial charge >= 0.3 is 5.97 Å². The first-order valence-electron chi connectivity index (χ1n) is 6.48. The van der Waals surface area contributed by atoms with Crippen LogP contribution in [0.15, 0.2) is 11.1 Å². The number of rotatable bonds is 3. The van der Waals surface area contributed by atoms with Gasteiger partial charge in [-0.2, -0.15) is 9.40 Å². The highest BCUT2D eigenvalue weighted by Crippen LogP contribution is 2.29. The van der Waals surface area contributed by atoms with Crippen LogP contribution in [-0.2, 0) is 21.9 Å². The Bertz CT molecular complexity index is 623. The molecule has 0 amide bonds. The van der Waals surface area contributed by atoms with Crippen molar-refractivity contribution in [1.29, 1.82) is 0 Å². The molecule has 1 aliphatic rings. The van der Waals surface area contributed by atoms with E-state index < -0.39 is 21.9 Å². The van der Waals surface area contributed by atoms with Gasteiger partial charge in [-0.05, 0) is 26.7 Å². The molecule has 2 rings (SSSR count). The maximum absolute atomic E-state index is 12.7. The van der Waals surface area contributed by atoms with Gasteiger partial charge in [0, 0.05) is 19.6 Å². The van der Waals surface area contributed by atoms with Gasteiger partial charge in [0.2, 0.25) is 10.0 Å². The summed E-state index contributed by atoms with van der Waals surface area (Å²) in [6.07, 6.45) is 2.38. The van der Waals surface area contributed by atoms with Crippen molar-refractivity contribution in [3.63, 3.8) is 0 Å². The first kappa shape index (κ1) is 15.0. The molecule has 0 aliphatic carbocycles. The molecule has 1 aromatic rings. The summed E-state index contributed by atoms with van der Waals surface area (Å²) in [6, 6.07) is -0.199. The van der Waals surface area contributed by atoms with Crippen LogP contribution in [0.3, 0.4) is 0 Å². The number of piperidine rings is 1. The minimum atomic E-state index is -3.70. The van der Waals surface area contributed by atoms with E-state index in [4.69, 9.17) is 5.11 Å². The van der Waals surface area contributed by atoms with Gasteiger partial charge in [-0.3, -0.25) is 9.48 Å². The molecule has 0 spiro atoms. The number of aryl methyl sites for hydroxylation is 1. The van der Waals surface area contributed by atoms with Crippen LogP contribution in [0.1, 0.15) is 25.5 Å². The molecule has 0 bridgehead atoms. The molecule has 0 saturated carbocycles. The van der Waals surface area contributed by atoms with Crippen LogP contribution in [0.4, 0.5) is 0 Å². The van der Waals surface area contributed by atoms with Gasteiger partial charge in [-0.1, -0.05) is 0 Å². The molecule has 1 aliphatic heterocycles. The second kappa shape index (κ2) is 5.17. The molecule has 0 radical (unpaired) electrons. The first-order chi connectivity index (χ1) is 9.25. The van der Waals surface area contributed by atoms with E-state index in [1.807, 2.05) is 0 Å². The highest BCUT2D eigenvalue weighted by Gasteiger charge is 2.38. The zero-order valence-electron chi connectivity index (χ0n) is 11.8. The number of carboxylic acids is 1. The zero-order chi connectivity index (χ0) is 15.1. The first-order valence-corrected chi connectivity index (χ1v) is 7.92. The van der Waals surface area contributed by atoms with Crippen molar-refractivity contribution in [2.75, 3.05) is 6.54 Å². The minimum absolute atomic E-state index is 0.0210. The second-order valence-electron chi connectivity index (χ2n) is 5.25. The van der Waals surface area contributed by atoms with E-state index in [1.165, 1.54) is 15.2 Å². The largest absolute Gasteiger partial charge is 0.481 e. The zero-order valence-corrected chi connectivity index (χ0v) is 12.6. The van der Waals surface area contributed by atoms with Crippen molar-refractivity contribution in [1.82, 2.24) is 14.1 Å². The van der Waals surface area contributed by atoms with Gasteiger partial charge in [0.1, 0.15) is 4.90 Å². The SMILES string of the molecule is Cc1c(S(=O)(=O)N2CC(C(=O)O)CCC2C)cnn1C. The van der Waals surface area contributed by atoms with Gasteiger partial charge in [-0.15, -0.1) is 0 Å². The molecular formula is C12H19N3O4S. The predicted molar refractivity (Wildman–Crippen MR) is 71.7 cm³/mol. The average molecular weight is 301 g/mol. The Kier molecular flexibility index (Phi) is 3.88. The molecule has 2 unspecified atom stereocenters. The Labute approximate surface area is 118 Å². The molecule has 0 aromatic carbocycles. The Hall–Kier alpha value is -1.41. The van der Waals surface area contributed by atoms with Crippen LogP contribution in [0.5, 0.6) is 0 Å². The molecule has 7 nitrogen and oxygen atoms in total. The van der Waals surface area contributed by atoms with Gasteiger partial charge in [0.05, 0.1) is 17.8 Å². The summed E-state index contributed by atoms with van der Waals surface area (Å²) < 4.78 is 28.1. The predicted octanol–water partition coefficient (Wildman–Crippen LogP) is 0.602. The molecule has 1 fully saturated rings. The fourth-order valence-electron chi connectivity index (χ4n) is 2.47. The quantitative estimate of drug-likeness (QED) is 0.882. The van der Waals surface area contributed by atoms with E-state index in [-0.39, 0.29) is 17.5 Å². The summed E-state index contributed by atoms with van der Waals surface area (Å²) in [6.45, 7) is 3.51. The molecular weight excluding hydrogens is 282 g/mol. The fourth-order valence-corrected chi connectivity index (χ4v) is 4.36. The topological polar surface area (TPSA) is 92.5 Å². The normalized spacial score (nSPS) is 24.8. The molecule has 112 valence electrons. The fraction of sp³-hybridized carbons (Fsp3) is 0.667. The van der Waals surface area contributed by atoms with Crippen LogP contribution in [0, 0.1) is 12.8 Å². The van der Waals surface area contributed by atoms with Crippen LogP contribution >= 0.6 is 0 Å². The third-order valence-electron chi connectivity index (χ3n) is 3.95. The molecule has 1 N–H and O–H groups in total. The Balaban J connectivity index is 2.37. The van der Waals surface area contributed by atoms with Crippen LogP contribution < -0.4 is 0 Å². The van der Waals surface area contributed by atoms with E-state index in [2.05, 4.69) is 5.10 Å². The molecule has 2 heterocycles. The van der Waals surface area contributed by atoms with Gasteiger partial charge < -0.3 is 5.11 Å². The number of aliphatic carboxylic acids is 1. The smallest absolute Gasteiger partial charge is 0.307 e. The highest BCUT2D eigenvalue weighted by atomic mass is 32.2. The molecule has 1 saturated heterocycles. The number of sulfonamides is 1. The number of carboxylic acid groups (broad SMARTS) is 1. The molecule has 1 aromatic heterocycles. The minimum Gasteiger partial charge on any atom is -0.481 e. The van der Waals surface area contributed by atoms with Crippen LogP contribution in [0.25, 0.3) is 0 Å². The Morgan fingerprint density at radius 1 is 1.45 bits per heavy atom. The number of carbonyl (C=O) groups is 1. The summed E-state index contributed by atoms with van der Waals surface area (Å²) in [5, 5.41) is 13.1. The number of hydrogen-bond donors (Lipinski definition) is 1. The lowest BCUT2D eigenvalue weighted by Crippen LogP contribution is -2.47. The molecule has 2 atom stereocenters. The van der Waals surface area contributed by atoms with E-state index in [0.717, 1.165) is 0 Å². The van der Waals surface area contributed by atoms with Crippen molar-refractivity contribution in [2.24, 2.45) is 13.0 Å². The lowest BCUT2D eigenvalue weighted by molar-refractivity contribution is -0.143. The van der Waals surface area contributed by atoms with Crippen molar-refractivity contribution >= 4 is 16.0 Å². The monoisotopic (exact) mass is 301 g/mol. The molecule has 20 heavy (non-hydrogen) atoms. The van der Waals surface area contributed by atoms with E-state index in [0.29, 0.717) is 18.5 Å². The number of hydrogen-bond acceptors (Lipinski definition) is 4. The van der Waals surface area contributed by atoms with E-state index in [9.17, 15) is 13.2 Å². The standard InChI is InChI=1S/C12H19N3O4S/c1-8-4-5-10(12(16)17)7-15(8)20(18,19)11-6-13-14(3)9(11)2/h6,8,10H,4-5,7H2,1-3H3,(H,16,17). The second-order valence-corrected chi connectivity index (χ2v) is 7.11. The van der Waals surface area contributed by atoms with Crippen molar-refractivity contribution in [3.8, 4) is 0 Å². The summed E-state index contributed by atoms with van der Waals surface area (Å²) >= 11 is 0. The van der Waals surface area contributed by atoms with Gasteiger partial charge in [0.25, 0.3) is 0 Å². The van der Waals surface area contributed by atoms with E-state index in [1.54, 1.807) is 20.9 Å². The van der Waals surface area contributed by atoms with Crippen LogP contribution in [-0.4, -0.2) is 46.2 Å². The summed E-state index contributed by atoms with van der Waals surface area (Å²) in [7, 11) is -2.03. The van der Waals surface area contributed by atoms with Crippen molar-refractivity contribution in [2.45, 2.75) is 37.6 Å². The summed E-state index contributed by atoms with van der Waals surface area (Å²) in [5.41, 5.74) is 0.551. The highest BCUT2D eigenvalue weighted by molar-refractivity contribution is 7.89. The maximum Gasteiger partial charge on any atom is 0.307 e. The summed E-state index contributed by atoms with van der Waals surface area (Å²) in [5.74, 6) is -1.59. The van der Waals surface area contributed by atoms with Crippen molar-refractivity contribution in [3.05, 3.63) is 11.9 Å². The lowest BCUT2D eigenvalue weighted by atomic mass is 9.96. The van der Waals surface area contributed by atoms with Gasteiger partial charge in [0.15, 0.2) is 0 Å². The Morgan fingerprint density at radius 2 is 2.10 bits per heavy atom. The lowest BCUT2D eigenvalue weighted by Gasteiger charge is -2.35. The van der Waals surface area contributed by atoms with Gasteiger partial charge in [-0.25, -0.2) is 8.42 Å². The summed E-state index contributed by atoms with van der Waals surface area (Å²) in [4.78, 5) is 11.3. The number of nitrogens with zero attached hydrogens (tertiary/aromatic N) is 3. The van der Waals surface area contributed by atoms with Crippen molar-refractivity contribution < 1.29 is 18.3 Å². The number of aromatic nitrogens is 2. The Morgan fingerprint density at radius 3 is 2.60 bits per heavy atom.